The lowest BCUT2D eigenvalue weighted by Crippen LogP contribution is -2.50. The number of amides is 2. The molecular formula is C18H25N5O2. The molecule has 0 spiro atoms. The highest BCUT2D eigenvalue weighted by atomic mass is 16.2. The highest BCUT2D eigenvalue weighted by molar-refractivity contribution is 5.73. The third-order valence-electron chi connectivity index (χ3n) is 4.56. The molecule has 7 nitrogen and oxygen atoms in total. The van der Waals surface area contributed by atoms with Gasteiger partial charge < -0.3 is 10.2 Å². The normalized spacial score (nSPS) is 18.3. The fraction of sp³-hybridized carbons (Fsp3) is 0.500. The Bertz CT molecular complexity index is 830. The molecular weight excluding hydrogens is 318 g/mol. The van der Waals surface area contributed by atoms with E-state index in [0.29, 0.717) is 12.2 Å². The maximum Gasteiger partial charge on any atom is 0.317 e. The number of hydrogen-bond acceptors (Lipinski definition) is 4. The monoisotopic (exact) mass is 343 g/mol. The number of aromatic nitrogens is 2. The van der Waals surface area contributed by atoms with Crippen LogP contribution in [0.5, 0.6) is 0 Å². The van der Waals surface area contributed by atoms with Crippen molar-refractivity contribution >= 4 is 11.7 Å². The van der Waals surface area contributed by atoms with Crippen LogP contribution >= 0.6 is 0 Å². The van der Waals surface area contributed by atoms with Gasteiger partial charge in [0.25, 0.3) is 5.56 Å². The van der Waals surface area contributed by atoms with Gasteiger partial charge in [-0.3, -0.25) is 14.1 Å². The van der Waals surface area contributed by atoms with E-state index in [4.69, 9.17) is 0 Å². The van der Waals surface area contributed by atoms with Gasteiger partial charge in [0, 0.05) is 45.0 Å². The van der Waals surface area contributed by atoms with Gasteiger partial charge in [0.15, 0.2) is 0 Å². The Labute approximate surface area is 147 Å². The van der Waals surface area contributed by atoms with Crippen LogP contribution in [0.4, 0.5) is 4.79 Å². The zero-order chi connectivity index (χ0) is 18.0. The Morgan fingerprint density at radius 1 is 1.40 bits per heavy atom. The molecule has 3 rings (SSSR count). The molecule has 2 aromatic rings. The van der Waals surface area contributed by atoms with E-state index in [-0.39, 0.29) is 17.6 Å². The maximum atomic E-state index is 12.4. The number of carbonyl (C=O) groups is 1. The summed E-state index contributed by atoms with van der Waals surface area (Å²) in [6.07, 6.45) is 1.99. The lowest BCUT2D eigenvalue weighted by Gasteiger charge is -2.33. The van der Waals surface area contributed by atoms with E-state index in [1.54, 1.807) is 29.5 Å². The van der Waals surface area contributed by atoms with Gasteiger partial charge in [0.05, 0.1) is 5.69 Å². The Kier molecular flexibility index (Phi) is 5.03. The molecule has 1 fully saturated rings. The van der Waals surface area contributed by atoms with Gasteiger partial charge in [-0.25, -0.2) is 9.78 Å². The number of pyridine rings is 1. The van der Waals surface area contributed by atoms with E-state index >= 15 is 0 Å². The minimum Gasteiger partial charge on any atom is -0.334 e. The first-order valence-electron chi connectivity index (χ1n) is 8.62. The Balaban J connectivity index is 1.73. The molecule has 3 heterocycles. The molecule has 0 saturated carbocycles. The average molecular weight is 343 g/mol. The minimum absolute atomic E-state index is 0.0485. The first kappa shape index (κ1) is 17.4. The van der Waals surface area contributed by atoms with Crippen LogP contribution in [0.15, 0.2) is 29.1 Å². The number of piperidine rings is 1. The van der Waals surface area contributed by atoms with Crippen molar-refractivity contribution in [2.45, 2.75) is 32.4 Å². The molecule has 7 heteroatoms. The van der Waals surface area contributed by atoms with Gasteiger partial charge in [-0.15, -0.1) is 0 Å². The van der Waals surface area contributed by atoms with Gasteiger partial charge in [-0.05, 0) is 38.4 Å². The van der Waals surface area contributed by atoms with Crippen molar-refractivity contribution in [3.63, 3.8) is 0 Å². The van der Waals surface area contributed by atoms with Crippen molar-refractivity contribution in [2.24, 2.45) is 0 Å². The Morgan fingerprint density at radius 3 is 2.96 bits per heavy atom. The summed E-state index contributed by atoms with van der Waals surface area (Å²) in [4.78, 5) is 32.7. The van der Waals surface area contributed by atoms with Crippen molar-refractivity contribution < 1.29 is 4.79 Å². The van der Waals surface area contributed by atoms with E-state index in [0.717, 1.165) is 37.3 Å². The summed E-state index contributed by atoms with van der Waals surface area (Å²) in [7, 11) is 3.48. The molecule has 25 heavy (non-hydrogen) atoms. The topological polar surface area (TPSA) is 70.0 Å². The van der Waals surface area contributed by atoms with Crippen LogP contribution < -0.4 is 10.9 Å². The SMILES string of the molecule is Cc1cccc2nc(CN3CCCC(NC(=O)N(C)C)C3)cc(=O)n12. The molecule has 1 atom stereocenters. The quantitative estimate of drug-likeness (QED) is 0.910. The zero-order valence-corrected chi connectivity index (χ0v) is 15.0. The van der Waals surface area contributed by atoms with Gasteiger partial charge in [-0.2, -0.15) is 0 Å². The number of aryl methyl sites for hydroxylation is 1. The Hall–Kier alpha value is -2.41. The predicted octanol–water partition coefficient (Wildman–Crippen LogP) is 1.24. The summed E-state index contributed by atoms with van der Waals surface area (Å²) in [6.45, 7) is 4.24. The van der Waals surface area contributed by atoms with Crippen molar-refractivity contribution in [2.75, 3.05) is 27.2 Å². The van der Waals surface area contributed by atoms with Crippen LogP contribution in [0.3, 0.4) is 0 Å². The minimum atomic E-state index is -0.0654. The van der Waals surface area contributed by atoms with Crippen LogP contribution in [-0.2, 0) is 6.54 Å². The predicted molar refractivity (Wildman–Crippen MR) is 96.7 cm³/mol. The summed E-state index contributed by atoms with van der Waals surface area (Å²) in [6, 6.07) is 7.35. The number of fused-ring (bicyclic) bond motifs is 1. The molecule has 1 saturated heterocycles. The van der Waals surface area contributed by atoms with Gasteiger partial charge in [0.2, 0.25) is 0 Å². The number of nitrogens with zero attached hydrogens (tertiary/aromatic N) is 4. The molecule has 0 aliphatic carbocycles. The van der Waals surface area contributed by atoms with E-state index in [2.05, 4.69) is 15.2 Å². The third kappa shape index (κ3) is 3.99. The largest absolute Gasteiger partial charge is 0.334 e. The summed E-state index contributed by atoms with van der Waals surface area (Å²) < 4.78 is 1.62. The van der Waals surface area contributed by atoms with Gasteiger partial charge in [-0.1, -0.05) is 6.07 Å². The fourth-order valence-electron chi connectivity index (χ4n) is 3.29. The molecule has 134 valence electrons. The highest BCUT2D eigenvalue weighted by Crippen LogP contribution is 2.13. The van der Waals surface area contributed by atoms with Crippen LogP contribution in [0, 0.1) is 6.92 Å². The maximum absolute atomic E-state index is 12.4. The smallest absolute Gasteiger partial charge is 0.317 e. The molecule has 1 unspecified atom stereocenters. The number of rotatable bonds is 3. The second-order valence-electron chi connectivity index (χ2n) is 6.86. The van der Waals surface area contributed by atoms with Crippen LogP contribution in [0.2, 0.25) is 0 Å². The lowest BCUT2D eigenvalue weighted by atomic mass is 10.1. The molecule has 1 aliphatic heterocycles. The van der Waals surface area contributed by atoms with E-state index in [9.17, 15) is 9.59 Å². The van der Waals surface area contributed by atoms with Crippen molar-refractivity contribution in [3.05, 3.63) is 46.0 Å². The second kappa shape index (κ2) is 7.23. The fourth-order valence-corrected chi connectivity index (χ4v) is 3.29. The third-order valence-corrected chi connectivity index (χ3v) is 4.56. The molecule has 0 radical (unpaired) electrons. The van der Waals surface area contributed by atoms with Gasteiger partial charge in [0.1, 0.15) is 5.65 Å². The highest BCUT2D eigenvalue weighted by Gasteiger charge is 2.22. The van der Waals surface area contributed by atoms with Crippen LogP contribution in [0.25, 0.3) is 5.65 Å². The average Bonchev–Trinajstić information content (AvgIpc) is 2.54. The summed E-state index contributed by atoms with van der Waals surface area (Å²) >= 11 is 0. The molecule has 1 aliphatic rings. The van der Waals surface area contributed by atoms with E-state index in [1.165, 1.54) is 0 Å². The molecule has 0 bridgehead atoms. The Morgan fingerprint density at radius 2 is 2.20 bits per heavy atom. The number of hydrogen-bond donors (Lipinski definition) is 1. The van der Waals surface area contributed by atoms with Crippen molar-refractivity contribution in [3.8, 4) is 0 Å². The van der Waals surface area contributed by atoms with Gasteiger partial charge >= 0.3 is 6.03 Å². The molecule has 2 aromatic heterocycles. The summed E-state index contributed by atoms with van der Waals surface area (Å²) in [5, 5.41) is 3.04. The first-order valence-corrected chi connectivity index (χ1v) is 8.62. The van der Waals surface area contributed by atoms with Crippen LogP contribution in [0.1, 0.15) is 24.2 Å². The van der Waals surface area contributed by atoms with Crippen molar-refractivity contribution in [1.29, 1.82) is 0 Å². The number of likely N-dealkylation sites (tertiary alicyclic amines) is 1. The summed E-state index contributed by atoms with van der Waals surface area (Å²) in [5.41, 5.74) is 2.28. The van der Waals surface area contributed by atoms with Crippen molar-refractivity contribution in [1.82, 2.24) is 24.5 Å². The molecule has 2 amide bonds. The molecule has 0 aromatic carbocycles. The van der Waals surface area contributed by atoms with Crippen LogP contribution in [-0.4, -0.2) is 58.4 Å². The standard InChI is InChI=1S/C18H25N5O2/c1-13-6-4-8-16-19-15(10-17(24)23(13)16)12-22-9-5-7-14(11-22)20-18(25)21(2)3/h4,6,8,10,14H,5,7,9,11-12H2,1-3H3,(H,20,25). The second-order valence-corrected chi connectivity index (χ2v) is 6.86. The lowest BCUT2D eigenvalue weighted by molar-refractivity contribution is 0.170. The number of nitrogens with one attached hydrogen (secondary N) is 1. The number of urea groups is 1. The number of carbonyl (C=O) groups excluding carboxylic acids is 1. The first-order chi connectivity index (χ1) is 11.9. The summed E-state index contributed by atoms with van der Waals surface area (Å²) in [5.74, 6) is 0. The van der Waals surface area contributed by atoms with E-state index in [1.807, 2.05) is 25.1 Å². The van der Waals surface area contributed by atoms with E-state index < -0.39 is 0 Å². The zero-order valence-electron chi connectivity index (χ0n) is 15.0. The molecule has 1 N–H and O–H groups in total.